The minimum absolute atomic E-state index is 0.0382. The molecule has 1 amide bonds. The number of fused-ring (bicyclic) bond motifs is 1. The molecule has 4 rings (SSSR count). The molecule has 7 nitrogen and oxygen atoms in total. The molecular formula is C17H19N5O2S. The second-order valence-electron chi connectivity index (χ2n) is 6.08. The first kappa shape index (κ1) is 16.0. The van der Waals surface area contributed by atoms with Crippen LogP contribution in [0, 0.1) is 6.92 Å². The summed E-state index contributed by atoms with van der Waals surface area (Å²) >= 11 is 1.42. The average Bonchev–Trinajstić information content (AvgIpc) is 3.27. The zero-order valence-corrected chi connectivity index (χ0v) is 14.8. The quantitative estimate of drug-likeness (QED) is 0.771. The molecule has 0 aliphatic carbocycles. The Balaban J connectivity index is 1.44. The zero-order chi connectivity index (χ0) is 17.4. The van der Waals surface area contributed by atoms with Crippen molar-refractivity contribution in [1.29, 1.82) is 0 Å². The maximum atomic E-state index is 12.5. The molecule has 1 saturated heterocycles. The van der Waals surface area contributed by atoms with Crippen LogP contribution in [0.5, 0.6) is 0 Å². The van der Waals surface area contributed by atoms with E-state index in [1.54, 1.807) is 5.38 Å². The largest absolute Gasteiger partial charge is 0.423 e. The Kier molecular flexibility index (Phi) is 4.14. The van der Waals surface area contributed by atoms with Gasteiger partial charge in [-0.25, -0.2) is 4.98 Å². The third-order valence-corrected chi connectivity index (χ3v) is 5.19. The highest BCUT2D eigenvalue weighted by Gasteiger charge is 2.26. The minimum atomic E-state index is -0.0382. The Bertz CT molecular complexity index is 911. The number of nitrogens with zero attached hydrogens (tertiary/aromatic N) is 4. The smallest absolute Gasteiger partial charge is 0.298 e. The highest BCUT2D eigenvalue weighted by molar-refractivity contribution is 7.09. The van der Waals surface area contributed by atoms with Crippen LogP contribution in [0.25, 0.3) is 11.1 Å². The fraction of sp³-hybridized carbons (Fsp3) is 0.353. The predicted molar refractivity (Wildman–Crippen MR) is 96.9 cm³/mol. The monoisotopic (exact) mass is 357 g/mol. The number of hydrogen-bond acceptors (Lipinski definition) is 7. The van der Waals surface area contributed by atoms with Gasteiger partial charge in [0.15, 0.2) is 5.58 Å². The minimum Gasteiger partial charge on any atom is -0.423 e. The van der Waals surface area contributed by atoms with Crippen molar-refractivity contribution in [2.45, 2.75) is 13.5 Å². The SMILES string of the molecule is Cc1ccc2oc(N3CCN(C(=O)c4csc(CN)n4)CC3)nc2c1. The van der Waals surface area contributed by atoms with Crippen molar-refractivity contribution in [2.24, 2.45) is 5.73 Å². The van der Waals surface area contributed by atoms with Crippen molar-refractivity contribution in [3.63, 3.8) is 0 Å². The van der Waals surface area contributed by atoms with E-state index in [2.05, 4.69) is 14.9 Å². The van der Waals surface area contributed by atoms with Crippen molar-refractivity contribution in [3.05, 3.63) is 39.8 Å². The summed E-state index contributed by atoms with van der Waals surface area (Å²) in [5.74, 6) is -0.0382. The van der Waals surface area contributed by atoms with Gasteiger partial charge in [-0.2, -0.15) is 4.98 Å². The van der Waals surface area contributed by atoms with Crippen LogP contribution >= 0.6 is 11.3 Å². The summed E-state index contributed by atoms with van der Waals surface area (Å²) in [4.78, 5) is 25.3. The number of amides is 1. The van der Waals surface area contributed by atoms with Gasteiger partial charge < -0.3 is 20.0 Å². The third-order valence-electron chi connectivity index (χ3n) is 4.31. The molecule has 1 aromatic carbocycles. The van der Waals surface area contributed by atoms with E-state index in [-0.39, 0.29) is 5.91 Å². The third kappa shape index (κ3) is 3.10. The van der Waals surface area contributed by atoms with E-state index in [1.807, 2.05) is 30.0 Å². The molecule has 25 heavy (non-hydrogen) atoms. The Labute approximate surface area is 149 Å². The molecular weight excluding hydrogens is 338 g/mol. The number of thiazole rings is 1. The molecule has 2 N–H and O–H groups in total. The second-order valence-corrected chi connectivity index (χ2v) is 7.02. The first-order chi connectivity index (χ1) is 12.1. The number of oxazole rings is 1. The van der Waals surface area contributed by atoms with Crippen LogP contribution in [0.1, 0.15) is 21.1 Å². The normalized spacial score (nSPS) is 15.1. The summed E-state index contributed by atoms with van der Waals surface area (Å²) in [7, 11) is 0. The fourth-order valence-electron chi connectivity index (χ4n) is 2.93. The molecule has 8 heteroatoms. The number of rotatable bonds is 3. The number of benzene rings is 1. The molecule has 0 radical (unpaired) electrons. The van der Waals surface area contributed by atoms with Crippen molar-refractivity contribution in [1.82, 2.24) is 14.9 Å². The number of anilines is 1. The lowest BCUT2D eigenvalue weighted by Crippen LogP contribution is -2.49. The van der Waals surface area contributed by atoms with E-state index >= 15 is 0 Å². The number of nitrogens with two attached hydrogens (primary N) is 1. The molecule has 3 aromatic rings. The number of aryl methyl sites for hydroxylation is 1. The topological polar surface area (TPSA) is 88.5 Å². The van der Waals surface area contributed by atoms with Crippen molar-refractivity contribution in [3.8, 4) is 0 Å². The van der Waals surface area contributed by atoms with Crippen LogP contribution in [-0.2, 0) is 6.54 Å². The van der Waals surface area contributed by atoms with Crippen molar-refractivity contribution in [2.75, 3.05) is 31.1 Å². The van der Waals surface area contributed by atoms with Gasteiger partial charge in [0.1, 0.15) is 16.2 Å². The zero-order valence-electron chi connectivity index (χ0n) is 13.9. The van der Waals surface area contributed by atoms with Crippen LogP contribution in [0.2, 0.25) is 0 Å². The van der Waals surface area contributed by atoms with Crippen molar-refractivity contribution < 1.29 is 9.21 Å². The maximum absolute atomic E-state index is 12.5. The molecule has 0 atom stereocenters. The number of carbonyl (C=O) groups is 1. The fourth-order valence-corrected chi connectivity index (χ4v) is 3.57. The molecule has 0 saturated carbocycles. The molecule has 130 valence electrons. The van der Waals surface area contributed by atoms with Crippen LogP contribution < -0.4 is 10.6 Å². The lowest BCUT2D eigenvalue weighted by molar-refractivity contribution is 0.0740. The van der Waals surface area contributed by atoms with Gasteiger partial charge in [-0.05, 0) is 24.6 Å². The van der Waals surface area contributed by atoms with Crippen LogP contribution in [0.15, 0.2) is 28.0 Å². The van der Waals surface area contributed by atoms with E-state index in [4.69, 9.17) is 10.2 Å². The average molecular weight is 357 g/mol. The van der Waals surface area contributed by atoms with Crippen molar-refractivity contribution >= 4 is 34.4 Å². The molecule has 1 fully saturated rings. The lowest BCUT2D eigenvalue weighted by atomic mass is 10.2. The number of carbonyl (C=O) groups excluding carboxylic acids is 1. The van der Waals surface area contributed by atoms with Gasteiger partial charge in [0.05, 0.1) is 0 Å². The molecule has 3 heterocycles. The maximum Gasteiger partial charge on any atom is 0.298 e. The number of hydrogen-bond donors (Lipinski definition) is 1. The molecule has 0 unspecified atom stereocenters. The van der Waals surface area contributed by atoms with Gasteiger partial charge in [0.2, 0.25) is 0 Å². The molecule has 1 aliphatic heterocycles. The van der Waals surface area contributed by atoms with Crippen LogP contribution in [-0.4, -0.2) is 47.0 Å². The van der Waals surface area contributed by atoms with Crippen LogP contribution in [0.3, 0.4) is 0 Å². The highest BCUT2D eigenvalue weighted by atomic mass is 32.1. The predicted octanol–water partition coefficient (Wildman–Crippen LogP) is 2.01. The summed E-state index contributed by atoms with van der Waals surface area (Å²) in [5, 5.41) is 2.56. The summed E-state index contributed by atoms with van der Waals surface area (Å²) < 4.78 is 5.85. The first-order valence-electron chi connectivity index (χ1n) is 8.20. The van der Waals surface area contributed by atoms with E-state index in [1.165, 1.54) is 11.3 Å². The van der Waals surface area contributed by atoms with E-state index < -0.39 is 0 Å². The second kappa shape index (κ2) is 6.45. The standard InChI is InChI=1S/C17H19N5O2S/c1-11-2-3-14-12(8-11)20-17(24-14)22-6-4-21(5-7-22)16(23)13-10-25-15(9-18)19-13/h2-3,8,10H,4-7,9,18H2,1H3. The highest BCUT2D eigenvalue weighted by Crippen LogP contribution is 2.24. The summed E-state index contributed by atoms with van der Waals surface area (Å²) in [6.07, 6.45) is 0. The summed E-state index contributed by atoms with van der Waals surface area (Å²) in [6.45, 7) is 5.00. The molecule has 1 aliphatic rings. The van der Waals surface area contributed by atoms with Gasteiger partial charge in [0, 0.05) is 38.1 Å². The summed E-state index contributed by atoms with van der Waals surface area (Å²) in [5.41, 5.74) is 8.86. The van der Waals surface area contributed by atoms with Gasteiger partial charge in [-0.1, -0.05) is 6.07 Å². The van der Waals surface area contributed by atoms with Crippen LogP contribution in [0.4, 0.5) is 6.01 Å². The Morgan fingerprint density at radius 1 is 1.28 bits per heavy atom. The Hall–Kier alpha value is -2.45. The first-order valence-corrected chi connectivity index (χ1v) is 9.08. The Morgan fingerprint density at radius 3 is 2.80 bits per heavy atom. The molecule has 2 aromatic heterocycles. The molecule has 0 bridgehead atoms. The van der Waals surface area contributed by atoms with Gasteiger partial charge in [0.25, 0.3) is 11.9 Å². The number of piperazine rings is 1. The number of aromatic nitrogens is 2. The molecule has 0 spiro atoms. The van der Waals surface area contributed by atoms with E-state index in [0.717, 1.165) is 21.7 Å². The lowest BCUT2D eigenvalue weighted by Gasteiger charge is -2.33. The Morgan fingerprint density at radius 2 is 2.08 bits per heavy atom. The van der Waals surface area contributed by atoms with Gasteiger partial charge >= 0.3 is 0 Å². The van der Waals surface area contributed by atoms with E-state index in [0.29, 0.717) is 44.4 Å². The van der Waals surface area contributed by atoms with Gasteiger partial charge in [-0.15, -0.1) is 11.3 Å². The summed E-state index contributed by atoms with van der Waals surface area (Å²) in [6, 6.07) is 6.58. The van der Waals surface area contributed by atoms with Gasteiger partial charge in [-0.3, -0.25) is 4.79 Å². The van der Waals surface area contributed by atoms with E-state index in [9.17, 15) is 4.79 Å².